The molecule has 4 heteroatoms. The molecule has 0 aromatic rings. The topological polar surface area (TPSA) is 30.9 Å². The van der Waals surface area contributed by atoms with Crippen molar-refractivity contribution in [1.29, 1.82) is 0 Å². The maximum Gasteiger partial charge on any atom is 0.194 e. The van der Waals surface area contributed by atoms with Crippen LogP contribution in [0, 0.1) is 11.3 Å². The molecule has 2 aliphatic heterocycles. The Hall–Kier alpha value is -0.770. The highest BCUT2D eigenvalue weighted by Crippen LogP contribution is 2.46. The molecule has 0 aliphatic carbocycles. The van der Waals surface area contributed by atoms with Crippen LogP contribution in [0.5, 0.6) is 0 Å². The number of hydrogen-bond acceptors (Lipinski definition) is 2. The van der Waals surface area contributed by atoms with Gasteiger partial charge in [0.15, 0.2) is 5.96 Å². The molecule has 1 N–H and O–H groups in total. The number of likely N-dealkylation sites (tertiary alicyclic amines) is 2. The van der Waals surface area contributed by atoms with Crippen LogP contribution in [0.3, 0.4) is 0 Å². The third kappa shape index (κ3) is 3.42. The van der Waals surface area contributed by atoms with Crippen LogP contribution in [0.25, 0.3) is 0 Å². The van der Waals surface area contributed by atoms with Gasteiger partial charge >= 0.3 is 0 Å². The molecule has 0 amide bonds. The van der Waals surface area contributed by atoms with Crippen molar-refractivity contribution in [2.24, 2.45) is 16.3 Å². The van der Waals surface area contributed by atoms with Crippen LogP contribution in [0.4, 0.5) is 0 Å². The second kappa shape index (κ2) is 6.77. The van der Waals surface area contributed by atoms with Gasteiger partial charge in [0, 0.05) is 37.1 Å². The van der Waals surface area contributed by atoms with Crippen molar-refractivity contribution in [1.82, 2.24) is 15.1 Å². The quantitative estimate of drug-likeness (QED) is 0.626. The standard InChI is InChI=1S/C18H36N4/c1-7-10-21-11-9-15(13-21)12-20-16(19-8-2)22-14-17(3,4)18(22,5)6/h15H,7-14H2,1-6H3,(H,19,20). The summed E-state index contributed by atoms with van der Waals surface area (Å²) in [6.07, 6.45) is 2.56. The fourth-order valence-corrected chi connectivity index (χ4v) is 3.59. The SMILES string of the molecule is CCCN1CCC(CN=C(NCC)N2CC(C)(C)C2(C)C)C1. The first kappa shape index (κ1) is 17.6. The van der Waals surface area contributed by atoms with Crippen LogP contribution in [0.15, 0.2) is 4.99 Å². The zero-order valence-electron chi connectivity index (χ0n) is 15.6. The fourth-order valence-electron chi connectivity index (χ4n) is 3.59. The first-order chi connectivity index (χ1) is 10.3. The Kier molecular flexibility index (Phi) is 5.41. The molecule has 128 valence electrons. The summed E-state index contributed by atoms with van der Waals surface area (Å²) >= 11 is 0. The van der Waals surface area contributed by atoms with Crippen molar-refractivity contribution in [3.05, 3.63) is 0 Å². The average Bonchev–Trinajstić information content (AvgIpc) is 2.89. The van der Waals surface area contributed by atoms with E-state index in [1.54, 1.807) is 0 Å². The van der Waals surface area contributed by atoms with Gasteiger partial charge in [0.05, 0.1) is 0 Å². The third-order valence-corrected chi connectivity index (χ3v) is 5.88. The van der Waals surface area contributed by atoms with E-state index in [0.717, 1.165) is 31.5 Å². The van der Waals surface area contributed by atoms with E-state index in [0.29, 0.717) is 5.41 Å². The molecule has 2 rings (SSSR count). The van der Waals surface area contributed by atoms with Crippen molar-refractivity contribution in [3.8, 4) is 0 Å². The lowest BCUT2D eigenvalue weighted by molar-refractivity contribution is -0.0668. The first-order valence-corrected chi connectivity index (χ1v) is 9.10. The summed E-state index contributed by atoms with van der Waals surface area (Å²) in [5.41, 5.74) is 0.534. The van der Waals surface area contributed by atoms with E-state index in [2.05, 4.69) is 56.7 Å². The normalized spacial score (nSPS) is 27.8. The molecule has 0 spiro atoms. The van der Waals surface area contributed by atoms with Gasteiger partial charge in [-0.3, -0.25) is 4.99 Å². The van der Waals surface area contributed by atoms with Crippen LogP contribution < -0.4 is 5.32 Å². The minimum absolute atomic E-state index is 0.178. The Balaban J connectivity index is 1.95. The van der Waals surface area contributed by atoms with Crippen LogP contribution in [-0.4, -0.2) is 60.6 Å². The van der Waals surface area contributed by atoms with E-state index in [1.807, 2.05) is 0 Å². The minimum Gasteiger partial charge on any atom is -0.356 e. The lowest BCUT2D eigenvalue weighted by Crippen LogP contribution is -2.72. The summed E-state index contributed by atoms with van der Waals surface area (Å²) in [4.78, 5) is 10.0. The van der Waals surface area contributed by atoms with Crippen LogP contribution in [-0.2, 0) is 0 Å². The van der Waals surface area contributed by atoms with Crippen LogP contribution in [0.1, 0.15) is 54.4 Å². The van der Waals surface area contributed by atoms with E-state index >= 15 is 0 Å². The highest BCUT2D eigenvalue weighted by molar-refractivity contribution is 5.82. The number of guanidine groups is 1. The van der Waals surface area contributed by atoms with E-state index in [9.17, 15) is 0 Å². The Bertz CT molecular complexity index is 400. The summed E-state index contributed by atoms with van der Waals surface area (Å²) < 4.78 is 0. The highest BCUT2D eigenvalue weighted by Gasteiger charge is 2.53. The highest BCUT2D eigenvalue weighted by atomic mass is 15.4. The van der Waals surface area contributed by atoms with E-state index in [-0.39, 0.29) is 5.54 Å². The maximum atomic E-state index is 4.98. The molecule has 0 radical (unpaired) electrons. The molecular formula is C18H36N4. The Morgan fingerprint density at radius 1 is 1.23 bits per heavy atom. The largest absolute Gasteiger partial charge is 0.356 e. The number of nitrogens with zero attached hydrogens (tertiary/aromatic N) is 3. The molecule has 1 atom stereocenters. The molecule has 0 aromatic heterocycles. The Morgan fingerprint density at radius 3 is 2.50 bits per heavy atom. The van der Waals surface area contributed by atoms with Crippen molar-refractivity contribution in [2.75, 3.05) is 39.3 Å². The van der Waals surface area contributed by atoms with Gasteiger partial charge in [-0.1, -0.05) is 20.8 Å². The van der Waals surface area contributed by atoms with Crippen LogP contribution in [0.2, 0.25) is 0 Å². The van der Waals surface area contributed by atoms with Crippen molar-refractivity contribution in [3.63, 3.8) is 0 Å². The molecule has 22 heavy (non-hydrogen) atoms. The van der Waals surface area contributed by atoms with E-state index < -0.39 is 0 Å². The van der Waals surface area contributed by atoms with Crippen molar-refractivity contribution in [2.45, 2.75) is 59.9 Å². The molecule has 2 aliphatic rings. The van der Waals surface area contributed by atoms with Gasteiger partial charge in [0.25, 0.3) is 0 Å². The van der Waals surface area contributed by atoms with Gasteiger partial charge in [-0.15, -0.1) is 0 Å². The molecule has 2 heterocycles. The zero-order chi connectivity index (χ0) is 16.4. The van der Waals surface area contributed by atoms with Crippen molar-refractivity contribution >= 4 is 5.96 Å². The predicted molar refractivity (Wildman–Crippen MR) is 95.4 cm³/mol. The number of rotatable bonds is 5. The van der Waals surface area contributed by atoms with Crippen LogP contribution >= 0.6 is 0 Å². The monoisotopic (exact) mass is 308 g/mol. The number of nitrogens with one attached hydrogen (secondary N) is 1. The third-order valence-electron chi connectivity index (χ3n) is 5.88. The molecule has 0 bridgehead atoms. The van der Waals surface area contributed by atoms with Crippen molar-refractivity contribution < 1.29 is 0 Å². The molecule has 0 aromatic carbocycles. The zero-order valence-corrected chi connectivity index (χ0v) is 15.6. The number of hydrogen-bond donors (Lipinski definition) is 1. The second-order valence-corrected chi connectivity index (χ2v) is 8.18. The lowest BCUT2D eigenvalue weighted by atomic mass is 9.65. The smallest absolute Gasteiger partial charge is 0.194 e. The van der Waals surface area contributed by atoms with Gasteiger partial charge in [0.1, 0.15) is 0 Å². The number of aliphatic imine (C=N–C) groups is 1. The fraction of sp³-hybridized carbons (Fsp3) is 0.944. The van der Waals surface area contributed by atoms with Gasteiger partial charge in [0.2, 0.25) is 0 Å². The van der Waals surface area contributed by atoms with E-state index in [1.165, 1.54) is 32.5 Å². The Morgan fingerprint density at radius 2 is 1.95 bits per heavy atom. The average molecular weight is 309 g/mol. The van der Waals surface area contributed by atoms with Gasteiger partial charge < -0.3 is 15.1 Å². The Labute approximate surface area is 137 Å². The molecule has 1 unspecified atom stereocenters. The molecule has 0 saturated carbocycles. The lowest BCUT2D eigenvalue weighted by Gasteiger charge is -2.62. The summed E-state index contributed by atoms with van der Waals surface area (Å²) in [5.74, 6) is 1.85. The van der Waals surface area contributed by atoms with Gasteiger partial charge in [-0.2, -0.15) is 0 Å². The second-order valence-electron chi connectivity index (χ2n) is 8.18. The summed E-state index contributed by atoms with van der Waals surface area (Å²) in [7, 11) is 0. The molecule has 2 fully saturated rings. The summed E-state index contributed by atoms with van der Waals surface area (Å²) in [5, 5.41) is 3.50. The summed E-state index contributed by atoms with van der Waals surface area (Å²) in [6.45, 7) is 20.5. The minimum atomic E-state index is 0.178. The summed E-state index contributed by atoms with van der Waals surface area (Å²) in [6, 6.07) is 0. The molecule has 4 nitrogen and oxygen atoms in total. The van der Waals surface area contributed by atoms with Gasteiger partial charge in [-0.05, 0) is 52.6 Å². The first-order valence-electron chi connectivity index (χ1n) is 9.10. The predicted octanol–water partition coefficient (Wildman–Crippen LogP) is 2.80. The molecule has 2 saturated heterocycles. The van der Waals surface area contributed by atoms with Gasteiger partial charge in [-0.25, -0.2) is 0 Å². The van der Waals surface area contributed by atoms with E-state index in [4.69, 9.17) is 4.99 Å². The molecular weight excluding hydrogens is 272 g/mol. The maximum absolute atomic E-state index is 4.98.